The largest absolute Gasteiger partial charge is 0.507 e. The van der Waals surface area contributed by atoms with Gasteiger partial charge in [-0.2, -0.15) is 0 Å². The molecule has 0 spiro atoms. The zero-order valence-electron chi connectivity index (χ0n) is 17.1. The van der Waals surface area contributed by atoms with Crippen molar-refractivity contribution in [1.29, 1.82) is 0 Å². The monoisotopic (exact) mass is 407 g/mol. The maximum Gasteiger partial charge on any atom is 0.340 e. The normalized spacial score (nSPS) is 11.1. The molecule has 0 fully saturated rings. The van der Waals surface area contributed by atoms with Gasteiger partial charge in [0.05, 0.1) is 23.6 Å². The van der Waals surface area contributed by atoms with Crippen molar-refractivity contribution in [1.82, 2.24) is 4.57 Å². The Morgan fingerprint density at radius 3 is 2.26 bits per heavy atom. The van der Waals surface area contributed by atoms with E-state index in [1.807, 2.05) is 72.8 Å². The number of phenolic OH excluding ortho intramolecular Hbond substituents is 1. The number of nitrogens with zero attached hydrogens (tertiary/aromatic N) is 1. The van der Waals surface area contributed by atoms with Gasteiger partial charge in [-0.15, -0.1) is 0 Å². The van der Waals surface area contributed by atoms with Gasteiger partial charge in [0, 0.05) is 23.0 Å². The van der Waals surface area contributed by atoms with Crippen LogP contribution in [0.1, 0.15) is 15.9 Å². The number of hydrogen-bond acceptors (Lipinski definition) is 3. The number of aromatic hydroxyl groups is 1. The Balaban J connectivity index is 1.94. The Labute approximate surface area is 179 Å². The highest BCUT2D eigenvalue weighted by atomic mass is 16.5. The number of hydrogen-bond donors (Lipinski definition) is 1. The lowest BCUT2D eigenvalue weighted by Crippen LogP contribution is -2.09. The summed E-state index contributed by atoms with van der Waals surface area (Å²) in [5, 5.41) is 12.7. The first-order valence-corrected chi connectivity index (χ1v) is 10.1. The maximum absolute atomic E-state index is 13.1. The zero-order chi connectivity index (χ0) is 21.4. The van der Waals surface area contributed by atoms with Gasteiger partial charge in [0.25, 0.3) is 0 Å². The number of phenols is 1. The number of para-hydroxylation sites is 1. The summed E-state index contributed by atoms with van der Waals surface area (Å²) < 4.78 is 7.31. The summed E-state index contributed by atoms with van der Waals surface area (Å²) in [5.74, 6) is -0.287. The van der Waals surface area contributed by atoms with Gasteiger partial charge >= 0.3 is 5.97 Å². The predicted octanol–water partition coefficient (Wildman–Crippen LogP) is 6.00. The molecule has 1 heterocycles. The topological polar surface area (TPSA) is 51.5 Å². The fourth-order valence-electron chi connectivity index (χ4n) is 4.32. The van der Waals surface area contributed by atoms with Gasteiger partial charge in [0.15, 0.2) is 0 Å². The smallest absolute Gasteiger partial charge is 0.340 e. The molecule has 0 bridgehead atoms. The Kier molecular flexibility index (Phi) is 4.68. The first kappa shape index (κ1) is 18.9. The van der Waals surface area contributed by atoms with Crippen LogP contribution in [0.2, 0.25) is 0 Å². The lowest BCUT2D eigenvalue weighted by atomic mass is 9.96. The number of carbonyl (C=O) groups excluding carboxylic acids is 1. The molecule has 0 aliphatic heterocycles. The third-order valence-electron chi connectivity index (χ3n) is 5.67. The van der Waals surface area contributed by atoms with E-state index in [0.717, 1.165) is 22.0 Å². The fourth-order valence-corrected chi connectivity index (χ4v) is 4.32. The van der Waals surface area contributed by atoms with Crippen LogP contribution in [0.25, 0.3) is 32.9 Å². The van der Waals surface area contributed by atoms with E-state index in [2.05, 4.69) is 16.7 Å². The molecule has 0 amide bonds. The first-order valence-electron chi connectivity index (χ1n) is 10.1. The SMILES string of the molecule is COC(=O)c1c(-c2ccccc2)cc(O)c2c3ccccc3n(Cc3ccccc3)c12. The van der Waals surface area contributed by atoms with Gasteiger partial charge in [-0.05, 0) is 23.3 Å². The third-order valence-corrected chi connectivity index (χ3v) is 5.67. The van der Waals surface area contributed by atoms with Crippen molar-refractivity contribution in [3.05, 3.63) is 102 Å². The molecule has 1 aromatic heterocycles. The van der Waals surface area contributed by atoms with Crippen molar-refractivity contribution >= 4 is 27.8 Å². The number of rotatable bonds is 4. The minimum Gasteiger partial charge on any atom is -0.507 e. The average molecular weight is 407 g/mol. The molecule has 31 heavy (non-hydrogen) atoms. The number of ether oxygens (including phenoxy) is 1. The van der Waals surface area contributed by atoms with E-state index in [1.54, 1.807) is 6.07 Å². The van der Waals surface area contributed by atoms with Crippen LogP contribution in [0, 0.1) is 0 Å². The second-order valence-corrected chi connectivity index (χ2v) is 7.49. The molecule has 152 valence electrons. The molecule has 0 atom stereocenters. The second-order valence-electron chi connectivity index (χ2n) is 7.49. The highest BCUT2D eigenvalue weighted by Crippen LogP contribution is 2.42. The van der Waals surface area contributed by atoms with Crippen molar-refractivity contribution in [3.63, 3.8) is 0 Å². The quantitative estimate of drug-likeness (QED) is 0.372. The number of carbonyl (C=O) groups is 1. The van der Waals surface area contributed by atoms with Crippen molar-refractivity contribution < 1.29 is 14.6 Å². The number of esters is 1. The van der Waals surface area contributed by atoms with Crippen molar-refractivity contribution in [2.45, 2.75) is 6.54 Å². The molecule has 0 saturated carbocycles. The van der Waals surface area contributed by atoms with E-state index >= 15 is 0 Å². The molecular formula is C27H21NO3. The van der Waals surface area contributed by atoms with Crippen molar-refractivity contribution in [2.24, 2.45) is 0 Å². The molecule has 4 heteroatoms. The van der Waals surface area contributed by atoms with Crippen LogP contribution in [0.15, 0.2) is 91.0 Å². The maximum atomic E-state index is 13.1. The van der Waals surface area contributed by atoms with E-state index in [9.17, 15) is 9.90 Å². The highest BCUT2D eigenvalue weighted by molar-refractivity contribution is 6.20. The lowest BCUT2D eigenvalue weighted by Gasteiger charge is -2.15. The second kappa shape index (κ2) is 7.65. The third kappa shape index (κ3) is 3.13. The molecule has 0 aliphatic carbocycles. The molecule has 4 nitrogen and oxygen atoms in total. The van der Waals surface area contributed by atoms with E-state index < -0.39 is 5.97 Å². The molecule has 5 rings (SSSR count). The predicted molar refractivity (Wildman–Crippen MR) is 123 cm³/mol. The van der Waals surface area contributed by atoms with Crippen molar-refractivity contribution in [2.75, 3.05) is 7.11 Å². The Hall–Kier alpha value is -4.05. The van der Waals surface area contributed by atoms with Crippen LogP contribution < -0.4 is 0 Å². The molecule has 4 aromatic carbocycles. The molecule has 0 aliphatic rings. The van der Waals surface area contributed by atoms with Gasteiger partial charge in [-0.25, -0.2) is 4.79 Å². The van der Waals surface area contributed by atoms with Crippen LogP contribution in [0.5, 0.6) is 5.75 Å². The van der Waals surface area contributed by atoms with Gasteiger partial charge < -0.3 is 14.4 Å². The zero-order valence-corrected chi connectivity index (χ0v) is 17.1. The van der Waals surface area contributed by atoms with Crippen molar-refractivity contribution in [3.8, 4) is 16.9 Å². The van der Waals surface area contributed by atoms with E-state index in [4.69, 9.17) is 4.74 Å². The fraction of sp³-hybridized carbons (Fsp3) is 0.0741. The standard InChI is InChI=1S/C27H21NO3/c1-31-27(30)25-21(19-12-6-3-7-13-19)16-23(29)24-20-14-8-9-15-22(20)28(26(24)25)17-18-10-4-2-5-11-18/h2-16,29H,17H2,1H3. The number of aromatic nitrogens is 1. The van der Waals surface area contributed by atoms with E-state index in [-0.39, 0.29) is 5.75 Å². The first-order chi connectivity index (χ1) is 15.2. The summed E-state index contributed by atoms with van der Waals surface area (Å²) in [5.41, 5.74) is 4.67. The van der Waals surface area contributed by atoms with Crippen LogP contribution >= 0.6 is 0 Å². The summed E-state index contributed by atoms with van der Waals surface area (Å²) >= 11 is 0. The van der Waals surface area contributed by atoms with E-state index in [0.29, 0.717) is 28.6 Å². The summed E-state index contributed by atoms with van der Waals surface area (Å²) in [6.45, 7) is 0.562. The van der Waals surface area contributed by atoms with Gasteiger partial charge in [-0.3, -0.25) is 0 Å². The Bertz CT molecular complexity index is 1400. The molecule has 0 unspecified atom stereocenters. The molecule has 0 radical (unpaired) electrons. The Morgan fingerprint density at radius 2 is 1.55 bits per heavy atom. The molecule has 0 saturated heterocycles. The van der Waals surface area contributed by atoms with Gasteiger partial charge in [-0.1, -0.05) is 78.9 Å². The van der Waals surface area contributed by atoms with Crippen LogP contribution in [0.4, 0.5) is 0 Å². The molecular weight excluding hydrogens is 386 g/mol. The number of fused-ring (bicyclic) bond motifs is 3. The molecule has 1 N–H and O–H groups in total. The van der Waals surface area contributed by atoms with E-state index in [1.165, 1.54) is 7.11 Å². The van der Waals surface area contributed by atoms with Gasteiger partial charge in [0.1, 0.15) is 5.75 Å². The minimum atomic E-state index is -0.430. The summed E-state index contributed by atoms with van der Waals surface area (Å²) in [7, 11) is 1.39. The van der Waals surface area contributed by atoms with Crippen LogP contribution in [-0.4, -0.2) is 22.8 Å². The van der Waals surface area contributed by atoms with Crippen LogP contribution in [-0.2, 0) is 11.3 Å². The summed E-state index contributed by atoms with van der Waals surface area (Å²) in [6.07, 6.45) is 0. The number of benzene rings is 4. The number of methoxy groups -OCH3 is 1. The van der Waals surface area contributed by atoms with Crippen LogP contribution in [0.3, 0.4) is 0 Å². The molecule has 5 aromatic rings. The highest BCUT2D eigenvalue weighted by Gasteiger charge is 2.25. The summed E-state index contributed by atoms with van der Waals surface area (Å²) in [4.78, 5) is 13.1. The summed E-state index contributed by atoms with van der Waals surface area (Å²) in [6, 6.07) is 29.3. The lowest BCUT2D eigenvalue weighted by molar-refractivity contribution is 0.0603. The minimum absolute atomic E-state index is 0.143. The average Bonchev–Trinajstić information content (AvgIpc) is 3.14. The Morgan fingerprint density at radius 1 is 0.903 bits per heavy atom. The van der Waals surface area contributed by atoms with Gasteiger partial charge in [0.2, 0.25) is 0 Å².